The number of aryl methyl sites for hydroxylation is 1. The standard InChI is InChI=1S/C15H18ClNOS/c1-17-13(6-9-15-3-2-10-19-15)11-18-14-7-4-12(16)5-8-14/h2-5,7-8,10,13,17H,6,9,11H2,1H3. The first-order valence-corrected chi connectivity index (χ1v) is 7.61. The molecule has 0 aliphatic carbocycles. The maximum Gasteiger partial charge on any atom is 0.119 e. The van der Waals surface area contributed by atoms with Crippen molar-refractivity contribution in [2.45, 2.75) is 18.9 Å². The van der Waals surface area contributed by atoms with Gasteiger partial charge < -0.3 is 10.1 Å². The van der Waals surface area contributed by atoms with E-state index in [1.807, 2.05) is 42.6 Å². The molecule has 1 atom stereocenters. The summed E-state index contributed by atoms with van der Waals surface area (Å²) in [7, 11) is 1.98. The van der Waals surface area contributed by atoms with Crippen LogP contribution in [0.3, 0.4) is 0 Å². The van der Waals surface area contributed by atoms with Crippen LogP contribution in [0.2, 0.25) is 5.02 Å². The normalized spacial score (nSPS) is 12.3. The van der Waals surface area contributed by atoms with Crippen LogP contribution in [0, 0.1) is 0 Å². The van der Waals surface area contributed by atoms with Crippen LogP contribution in [0.4, 0.5) is 0 Å². The number of likely N-dealkylation sites (N-methyl/N-ethyl adjacent to an activating group) is 1. The first-order valence-electron chi connectivity index (χ1n) is 6.36. The molecule has 102 valence electrons. The molecule has 0 spiro atoms. The Morgan fingerprint density at radius 3 is 2.68 bits per heavy atom. The van der Waals surface area contributed by atoms with Gasteiger partial charge >= 0.3 is 0 Å². The maximum absolute atomic E-state index is 5.84. The summed E-state index contributed by atoms with van der Waals surface area (Å²) in [5, 5.41) is 6.15. The minimum absolute atomic E-state index is 0.359. The smallest absolute Gasteiger partial charge is 0.119 e. The Labute approximate surface area is 123 Å². The van der Waals surface area contributed by atoms with E-state index in [-0.39, 0.29) is 0 Å². The summed E-state index contributed by atoms with van der Waals surface area (Å²) in [6.45, 7) is 0.670. The topological polar surface area (TPSA) is 21.3 Å². The third kappa shape index (κ3) is 4.86. The highest BCUT2D eigenvalue weighted by molar-refractivity contribution is 7.09. The molecule has 2 aromatic rings. The third-order valence-corrected chi connectivity index (χ3v) is 4.18. The van der Waals surface area contributed by atoms with Gasteiger partial charge in [-0.25, -0.2) is 0 Å². The molecular weight excluding hydrogens is 278 g/mol. The lowest BCUT2D eigenvalue weighted by Crippen LogP contribution is -2.32. The zero-order valence-corrected chi connectivity index (χ0v) is 12.5. The number of ether oxygens (including phenoxy) is 1. The van der Waals surface area contributed by atoms with Crippen molar-refractivity contribution in [3.8, 4) is 5.75 Å². The minimum Gasteiger partial charge on any atom is -0.492 e. The van der Waals surface area contributed by atoms with E-state index in [0.717, 1.165) is 23.6 Å². The molecule has 19 heavy (non-hydrogen) atoms. The van der Waals surface area contributed by atoms with Gasteiger partial charge in [0.05, 0.1) is 0 Å². The molecule has 0 aliphatic heterocycles. The molecule has 0 saturated carbocycles. The Balaban J connectivity index is 1.77. The molecule has 1 aromatic heterocycles. The zero-order valence-electron chi connectivity index (χ0n) is 10.9. The third-order valence-electron chi connectivity index (χ3n) is 2.99. The molecule has 1 aromatic carbocycles. The van der Waals surface area contributed by atoms with Crippen molar-refractivity contribution in [2.75, 3.05) is 13.7 Å². The lowest BCUT2D eigenvalue weighted by molar-refractivity contribution is 0.264. The summed E-state index contributed by atoms with van der Waals surface area (Å²) in [5.41, 5.74) is 0. The summed E-state index contributed by atoms with van der Waals surface area (Å²) < 4.78 is 5.77. The lowest BCUT2D eigenvalue weighted by Gasteiger charge is -2.16. The minimum atomic E-state index is 0.359. The van der Waals surface area contributed by atoms with E-state index in [1.165, 1.54) is 4.88 Å². The van der Waals surface area contributed by atoms with Crippen LogP contribution in [0.5, 0.6) is 5.75 Å². The first kappa shape index (κ1) is 14.4. The molecule has 4 heteroatoms. The van der Waals surface area contributed by atoms with Crippen molar-refractivity contribution >= 4 is 22.9 Å². The number of nitrogens with one attached hydrogen (secondary N) is 1. The van der Waals surface area contributed by atoms with Crippen molar-refractivity contribution in [3.05, 3.63) is 51.7 Å². The van der Waals surface area contributed by atoms with Crippen molar-refractivity contribution in [2.24, 2.45) is 0 Å². The van der Waals surface area contributed by atoms with Crippen LogP contribution >= 0.6 is 22.9 Å². The predicted molar refractivity (Wildman–Crippen MR) is 82.4 cm³/mol. The summed E-state index contributed by atoms with van der Waals surface area (Å²) in [6.07, 6.45) is 2.16. The van der Waals surface area contributed by atoms with Gasteiger partial charge in [-0.1, -0.05) is 17.7 Å². The quantitative estimate of drug-likeness (QED) is 0.833. The van der Waals surface area contributed by atoms with Crippen molar-refractivity contribution in [3.63, 3.8) is 0 Å². The summed E-state index contributed by atoms with van der Waals surface area (Å²) in [5.74, 6) is 0.862. The SMILES string of the molecule is CNC(CCc1cccs1)COc1ccc(Cl)cc1. The number of rotatable bonds is 7. The van der Waals surface area contributed by atoms with E-state index in [0.29, 0.717) is 12.6 Å². The van der Waals surface area contributed by atoms with Crippen molar-refractivity contribution < 1.29 is 4.74 Å². The Morgan fingerprint density at radius 2 is 2.05 bits per heavy atom. The number of halogens is 1. The predicted octanol–water partition coefficient (Wildman–Crippen LogP) is 4.00. The van der Waals surface area contributed by atoms with Gasteiger partial charge in [0, 0.05) is 15.9 Å². The average molecular weight is 296 g/mol. The number of thiophene rings is 1. The Bertz CT molecular complexity index is 469. The van der Waals surface area contributed by atoms with Crippen LogP contribution in [0.15, 0.2) is 41.8 Å². The number of hydrogen-bond acceptors (Lipinski definition) is 3. The van der Waals surface area contributed by atoms with E-state index in [9.17, 15) is 0 Å². The van der Waals surface area contributed by atoms with E-state index in [4.69, 9.17) is 16.3 Å². The molecule has 1 N–H and O–H groups in total. The molecule has 0 saturated heterocycles. The first-order chi connectivity index (χ1) is 9.28. The van der Waals surface area contributed by atoms with Gasteiger partial charge in [0.2, 0.25) is 0 Å². The molecular formula is C15H18ClNOS. The second kappa shape index (κ2) is 7.53. The van der Waals surface area contributed by atoms with Crippen LogP contribution in [0.1, 0.15) is 11.3 Å². The van der Waals surface area contributed by atoms with Crippen LogP contribution in [-0.2, 0) is 6.42 Å². The van der Waals surface area contributed by atoms with Gasteiger partial charge in [-0.15, -0.1) is 11.3 Å². The highest BCUT2D eigenvalue weighted by Crippen LogP contribution is 2.16. The molecule has 0 bridgehead atoms. The Kier molecular flexibility index (Phi) is 5.70. The maximum atomic E-state index is 5.84. The van der Waals surface area contributed by atoms with Crippen LogP contribution in [0.25, 0.3) is 0 Å². The van der Waals surface area contributed by atoms with Crippen LogP contribution < -0.4 is 10.1 Å². The summed E-state index contributed by atoms with van der Waals surface area (Å²) in [6, 6.07) is 12.1. The largest absolute Gasteiger partial charge is 0.492 e. The van der Waals surface area contributed by atoms with Crippen molar-refractivity contribution in [1.82, 2.24) is 5.32 Å². The summed E-state index contributed by atoms with van der Waals surface area (Å²) >= 11 is 7.65. The highest BCUT2D eigenvalue weighted by Gasteiger charge is 2.08. The molecule has 1 unspecified atom stereocenters. The second-order valence-corrected chi connectivity index (χ2v) is 5.84. The van der Waals surface area contributed by atoms with Gasteiger partial charge in [0.25, 0.3) is 0 Å². The van der Waals surface area contributed by atoms with Gasteiger partial charge in [0.15, 0.2) is 0 Å². The van der Waals surface area contributed by atoms with Gasteiger partial charge in [0.1, 0.15) is 12.4 Å². The zero-order chi connectivity index (χ0) is 13.5. The Hall–Kier alpha value is -1.03. The van der Waals surface area contributed by atoms with Crippen LogP contribution in [-0.4, -0.2) is 19.7 Å². The molecule has 2 nitrogen and oxygen atoms in total. The fourth-order valence-electron chi connectivity index (χ4n) is 1.81. The molecule has 0 aliphatic rings. The second-order valence-electron chi connectivity index (χ2n) is 4.37. The molecule has 0 fully saturated rings. The van der Waals surface area contributed by atoms with Gasteiger partial charge in [-0.2, -0.15) is 0 Å². The van der Waals surface area contributed by atoms with Gasteiger partial charge in [-0.05, 0) is 55.6 Å². The number of hydrogen-bond donors (Lipinski definition) is 1. The summed E-state index contributed by atoms with van der Waals surface area (Å²) in [4.78, 5) is 1.42. The highest BCUT2D eigenvalue weighted by atomic mass is 35.5. The molecule has 0 radical (unpaired) electrons. The van der Waals surface area contributed by atoms with Crippen molar-refractivity contribution in [1.29, 1.82) is 0 Å². The molecule has 1 heterocycles. The fourth-order valence-corrected chi connectivity index (χ4v) is 2.66. The Morgan fingerprint density at radius 1 is 1.26 bits per heavy atom. The number of benzene rings is 1. The molecule has 2 rings (SSSR count). The monoisotopic (exact) mass is 295 g/mol. The average Bonchev–Trinajstić information content (AvgIpc) is 2.94. The van der Waals surface area contributed by atoms with E-state index in [2.05, 4.69) is 22.8 Å². The van der Waals surface area contributed by atoms with E-state index >= 15 is 0 Å². The lowest BCUT2D eigenvalue weighted by atomic mass is 10.1. The van der Waals surface area contributed by atoms with Gasteiger partial charge in [-0.3, -0.25) is 0 Å². The fraction of sp³-hybridized carbons (Fsp3) is 0.333. The van der Waals surface area contributed by atoms with E-state index in [1.54, 1.807) is 0 Å². The van der Waals surface area contributed by atoms with E-state index < -0.39 is 0 Å². The molecule has 0 amide bonds.